The molecule has 0 saturated heterocycles. The zero-order valence-corrected chi connectivity index (χ0v) is 20.8. The summed E-state index contributed by atoms with van der Waals surface area (Å²) in [5, 5.41) is 25.5. The number of nitrogens with one attached hydrogen (secondary N) is 4. The number of nitrogens with zero attached hydrogens (tertiary/aromatic N) is 2. The van der Waals surface area contributed by atoms with Crippen LogP contribution in [0.3, 0.4) is 0 Å². The van der Waals surface area contributed by atoms with E-state index >= 15 is 0 Å². The predicted molar refractivity (Wildman–Crippen MR) is 134 cm³/mol. The number of carboxylic acid groups (broad SMARTS) is 2. The number of hydrogen-bond acceptors (Lipinski definition) is 9. The molecule has 0 saturated carbocycles. The molecule has 1 heterocycles. The number of nitrogens with two attached hydrogens (primary N) is 3. The molecule has 206 valence electrons. The van der Waals surface area contributed by atoms with E-state index in [1.807, 2.05) is 0 Å². The van der Waals surface area contributed by atoms with Crippen LogP contribution in [0, 0.1) is 0 Å². The van der Waals surface area contributed by atoms with Gasteiger partial charge in [-0.25, -0.2) is 9.78 Å². The predicted octanol–water partition coefficient (Wildman–Crippen LogP) is -3.33. The fourth-order valence-electron chi connectivity index (χ4n) is 3.03. The number of aliphatic carboxylic acids is 2. The molecule has 0 aliphatic carbocycles. The second kappa shape index (κ2) is 16.0. The van der Waals surface area contributed by atoms with E-state index in [0.29, 0.717) is 12.1 Å². The number of H-pyrrole nitrogens is 1. The maximum Gasteiger partial charge on any atom is 0.326 e. The SMILES string of the molecule is NC(N)=NCCCC(NC(=O)C(N)CS)C(=O)NC(Cc1cnc[nH]1)C(=O)NC(CCC(=O)O)C(=O)O. The first-order valence-corrected chi connectivity index (χ1v) is 11.8. The summed E-state index contributed by atoms with van der Waals surface area (Å²) < 4.78 is 0. The number of aliphatic imine (C=N–C) groups is 1. The second-order valence-electron chi connectivity index (χ2n) is 7.97. The third-order valence-corrected chi connectivity index (χ3v) is 5.38. The lowest BCUT2D eigenvalue weighted by Crippen LogP contribution is -2.57. The molecule has 0 spiro atoms. The average molecular weight is 544 g/mol. The van der Waals surface area contributed by atoms with E-state index in [1.165, 1.54) is 12.5 Å². The number of carboxylic acids is 2. The van der Waals surface area contributed by atoms with Gasteiger partial charge in [-0.1, -0.05) is 0 Å². The van der Waals surface area contributed by atoms with Crippen LogP contribution in [0.1, 0.15) is 31.4 Å². The Hall–Kier alpha value is -3.86. The van der Waals surface area contributed by atoms with Crippen molar-refractivity contribution in [1.82, 2.24) is 25.9 Å². The topological polar surface area (TPSA) is 281 Å². The molecule has 1 aromatic heterocycles. The maximum absolute atomic E-state index is 13.1. The van der Waals surface area contributed by atoms with Crippen LogP contribution >= 0.6 is 12.6 Å². The third kappa shape index (κ3) is 12.1. The monoisotopic (exact) mass is 543 g/mol. The van der Waals surface area contributed by atoms with Crippen LogP contribution in [0.2, 0.25) is 0 Å². The Morgan fingerprint density at radius 3 is 2.16 bits per heavy atom. The summed E-state index contributed by atoms with van der Waals surface area (Å²) >= 11 is 3.97. The molecular formula is C20H33N9O7S. The van der Waals surface area contributed by atoms with Crippen molar-refractivity contribution in [2.75, 3.05) is 12.3 Å². The number of amides is 3. The van der Waals surface area contributed by atoms with E-state index < -0.39 is 60.2 Å². The molecule has 0 bridgehead atoms. The average Bonchev–Trinajstić information content (AvgIpc) is 3.34. The van der Waals surface area contributed by atoms with Gasteiger partial charge in [0, 0.05) is 37.0 Å². The van der Waals surface area contributed by atoms with Crippen LogP contribution in [0.4, 0.5) is 0 Å². The van der Waals surface area contributed by atoms with Gasteiger partial charge in [0.05, 0.1) is 12.4 Å². The van der Waals surface area contributed by atoms with Crippen LogP contribution in [0.15, 0.2) is 17.5 Å². The highest BCUT2D eigenvalue weighted by molar-refractivity contribution is 7.80. The Bertz CT molecular complexity index is 954. The van der Waals surface area contributed by atoms with Gasteiger partial charge in [0.1, 0.15) is 18.1 Å². The van der Waals surface area contributed by atoms with Gasteiger partial charge in [0.2, 0.25) is 17.7 Å². The minimum Gasteiger partial charge on any atom is -0.481 e. The fourth-order valence-corrected chi connectivity index (χ4v) is 3.20. The zero-order valence-electron chi connectivity index (χ0n) is 19.9. The van der Waals surface area contributed by atoms with Gasteiger partial charge >= 0.3 is 11.9 Å². The van der Waals surface area contributed by atoms with E-state index in [9.17, 15) is 29.1 Å². The summed E-state index contributed by atoms with van der Waals surface area (Å²) in [7, 11) is 0. The molecule has 3 amide bonds. The standard InChI is InChI=1S/C20H33N9O7S/c21-11(8-37)16(32)27-12(2-1-5-25-20(22)23)17(33)29-14(6-10-7-24-9-26-10)18(34)28-13(19(35)36)3-4-15(30)31/h7,9,11-14,37H,1-6,8,21H2,(H,24,26)(H,27,32)(H,28,34)(H,29,33)(H,30,31)(H,35,36)(H4,22,23,25). The quantitative estimate of drug-likeness (QED) is 0.0401. The molecule has 1 aromatic rings. The van der Waals surface area contributed by atoms with Crippen LogP contribution < -0.4 is 33.2 Å². The molecule has 4 atom stereocenters. The van der Waals surface area contributed by atoms with E-state index in [4.69, 9.17) is 22.3 Å². The van der Waals surface area contributed by atoms with Gasteiger partial charge in [0.15, 0.2) is 5.96 Å². The zero-order chi connectivity index (χ0) is 28.0. The normalized spacial score (nSPS) is 13.9. The van der Waals surface area contributed by atoms with Gasteiger partial charge < -0.3 is 48.3 Å². The lowest BCUT2D eigenvalue weighted by Gasteiger charge is -2.25. The van der Waals surface area contributed by atoms with E-state index in [-0.39, 0.29) is 37.5 Å². The number of aromatic amines is 1. The number of thiol groups is 1. The van der Waals surface area contributed by atoms with Crippen LogP contribution in [-0.4, -0.2) is 92.3 Å². The molecule has 4 unspecified atom stereocenters. The van der Waals surface area contributed by atoms with Crippen molar-refractivity contribution >= 4 is 48.2 Å². The Labute approximate surface area is 217 Å². The van der Waals surface area contributed by atoms with Crippen molar-refractivity contribution < 1.29 is 34.2 Å². The van der Waals surface area contributed by atoms with Gasteiger partial charge in [-0.3, -0.25) is 24.2 Å². The van der Waals surface area contributed by atoms with Crippen molar-refractivity contribution in [1.29, 1.82) is 0 Å². The summed E-state index contributed by atoms with van der Waals surface area (Å²) in [6.07, 6.45) is 2.17. The lowest BCUT2D eigenvalue weighted by molar-refractivity contribution is -0.143. The lowest BCUT2D eigenvalue weighted by atomic mass is 10.1. The van der Waals surface area contributed by atoms with Crippen LogP contribution in [-0.2, 0) is 30.4 Å². The Balaban J connectivity index is 3.07. The van der Waals surface area contributed by atoms with Crippen molar-refractivity contribution in [3.63, 3.8) is 0 Å². The number of carbonyl (C=O) groups excluding carboxylic acids is 3. The van der Waals surface area contributed by atoms with E-state index in [2.05, 4.69) is 43.5 Å². The Morgan fingerprint density at radius 2 is 1.62 bits per heavy atom. The molecule has 0 fully saturated rings. The number of rotatable bonds is 17. The summed E-state index contributed by atoms with van der Waals surface area (Å²) in [6, 6.07) is -4.93. The highest BCUT2D eigenvalue weighted by Crippen LogP contribution is 2.06. The number of imidazole rings is 1. The molecule has 0 aliphatic rings. The Kier molecular flexibility index (Phi) is 13.5. The molecule has 0 aromatic carbocycles. The first-order valence-electron chi connectivity index (χ1n) is 11.2. The fraction of sp³-hybridized carbons (Fsp3) is 0.550. The molecule has 16 nitrogen and oxygen atoms in total. The summed E-state index contributed by atoms with van der Waals surface area (Å²) in [5.41, 5.74) is 16.7. The van der Waals surface area contributed by atoms with E-state index in [1.54, 1.807) is 0 Å². The molecule has 37 heavy (non-hydrogen) atoms. The molecule has 12 N–H and O–H groups in total. The van der Waals surface area contributed by atoms with Gasteiger partial charge in [-0.05, 0) is 19.3 Å². The molecule has 0 radical (unpaired) electrons. The number of hydrogen-bond donors (Lipinski definition) is 10. The van der Waals surface area contributed by atoms with Crippen molar-refractivity contribution in [3.05, 3.63) is 18.2 Å². The van der Waals surface area contributed by atoms with Crippen molar-refractivity contribution in [3.8, 4) is 0 Å². The van der Waals surface area contributed by atoms with Gasteiger partial charge in [-0.15, -0.1) is 0 Å². The van der Waals surface area contributed by atoms with Crippen molar-refractivity contribution in [2.24, 2.45) is 22.2 Å². The third-order valence-electron chi connectivity index (χ3n) is 4.99. The molecule has 17 heteroatoms. The van der Waals surface area contributed by atoms with Crippen LogP contribution in [0.25, 0.3) is 0 Å². The first kappa shape index (κ1) is 31.2. The highest BCUT2D eigenvalue weighted by atomic mass is 32.1. The van der Waals surface area contributed by atoms with Gasteiger partial charge in [-0.2, -0.15) is 12.6 Å². The van der Waals surface area contributed by atoms with E-state index in [0.717, 1.165) is 0 Å². The summed E-state index contributed by atoms with van der Waals surface area (Å²) in [5.74, 6) is -5.07. The number of carbonyl (C=O) groups is 5. The number of guanidine groups is 1. The minimum atomic E-state index is -1.51. The highest BCUT2D eigenvalue weighted by Gasteiger charge is 2.30. The largest absolute Gasteiger partial charge is 0.481 e. The molecule has 1 rings (SSSR count). The first-order chi connectivity index (χ1) is 17.4. The molecule has 0 aliphatic heterocycles. The van der Waals surface area contributed by atoms with Crippen LogP contribution in [0.5, 0.6) is 0 Å². The van der Waals surface area contributed by atoms with Gasteiger partial charge in [0.25, 0.3) is 0 Å². The summed E-state index contributed by atoms with van der Waals surface area (Å²) in [4.78, 5) is 71.2. The maximum atomic E-state index is 13.1. The minimum absolute atomic E-state index is 0.0198. The number of aromatic nitrogens is 2. The summed E-state index contributed by atoms with van der Waals surface area (Å²) in [6.45, 7) is 0.169. The Morgan fingerprint density at radius 1 is 1.00 bits per heavy atom. The second-order valence-corrected chi connectivity index (χ2v) is 8.34. The smallest absolute Gasteiger partial charge is 0.326 e. The van der Waals surface area contributed by atoms with Crippen molar-refractivity contribution in [2.45, 2.75) is 56.3 Å². The molecular weight excluding hydrogens is 510 g/mol.